The van der Waals surface area contributed by atoms with Crippen LogP contribution in [0.3, 0.4) is 0 Å². The number of furan rings is 1. The Kier molecular flexibility index (Phi) is 4.08. The van der Waals surface area contributed by atoms with Gasteiger partial charge in [-0.25, -0.2) is 4.98 Å². The van der Waals surface area contributed by atoms with Crippen molar-refractivity contribution < 1.29 is 14.3 Å². The number of benzene rings is 1. The van der Waals surface area contributed by atoms with Crippen molar-refractivity contribution in [2.24, 2.45) is 0 Å². The van der Waals surface area contributed by atoms with Gasteiger partial charge in [0.25, 0.3) is 0 Å². The zero-order chi connectivity index (χ0) is 14.7. The predicted octanol–water partition coefficient (Wildman–Crippen LogP) is 4.21. The van der Waals surface area contributed by atoms with Crippen LogP contribution in [0.4, 0.5) is 0 Å². The van der Waals surface area contributed by atoms with Gasteiger partial charge in [-0.2, -0.15) is 0 Å². The van der Waals surface area contributed by atoms with Crippen LogP contribution in [-0.4, -0.2) is 21.8 Å². The zero-order valence-corrected chi connectivity index (χ0v) is 12.5. The first-order valence-corrected chi connectivity index (χ1v) is 7.98. The molecule has 1 N–H and O–H groups in total. The highest BCUT2D eigenvalue weighted by atomic mass is 32.2. The SMILES string of the molecule is O=C(O)CS/C(=C/c1ccco1)c1nc2ccccc2s1. The molecular formula is C15H11NO3S2. The third-order valence-corrected chi connectivity index (χ3v) is 4.88. The molecule has 0 fully saturated rings. The van der Waals surface area contributed by atoms with E-state index < -0.39 is 5.97 Å². The predicted molar refractivity (Wildman–Crippen MR) is 86.3 cm³/mol. The average Bonchev–Trinajstić information content (AvgIpc) is 3.11. The minimum absolute atomic E-state index is 0.0114. The van der Waals surface area contributed by atoms with Crippen LogP contribution in [0.15, 0.2) is 47.1 Å². The standard InChI is InChI=1S/C15H11NO3S2/c17-14(18)9-20-13(8-10-4-3-7-19-10)15-16-11-5-1-2-6-12(11)21-15/h1-8H,9H2,(H,17,18)/b13-8+. The van der Waals surface area contributed by atoms with Crippen molar-refractivity contribution in [3.05, 3.63) is 53.4 Å². The Morgan fingerprint density at radius 2 is 2.19 bits per heavy atom. The molecule has 0 atom stereocenters. The summed E-state index contributed by atoms with van der Waals surface area (Å²) in [5.41, 5.74) is 0.916. The number of thiazole rings is 1. The summed E-state index contributed by atoms with van der Waals surface area (Å²) in [5.74, 6) is -0.184. The van der Waals surface area contributed by atoms with Crippen molar-refractivity contribution in [2.45, 2.75) is 0 Å². The molecule has 4 nitrogen and oxygen atoms in total. The van der Waals surface area contributed by atoms with Crippen molar-refractivity contribution in [3.63, 3.8) is 0 Å². The normalized spacial score (nSPS) is 11.9. The molecule has 0 unspecified atom stereocenters. The number of thioether (sulfide) groups is 1. The Labute approximate surface area is 129 Å². The van der Waals surface area contributed by atoms with Crippen molar-refractivity contribution >= 4 is 50.3 Å². The molecule has 0 aliphatic heterocycles. The van der Waals surface area contributed by atoms with Crippen LogP contribution in [0.25, 0.3) is 21.2 Å². The van der Waals surface area contributed by atoms with Gasteiger partial charge in [0.05, 0.1) is 22.2 Å². The summed E-state index contributed by atoms with van der Waals surface area (Å²) in [6, 6.07) is 11.5. The summed E-state index contributed by atoms with van der Waals surface area (Å²) in [7, 11) is 0. The number of carboxylic acids is 1. The Morgan fingerprint density at radius 3 is 2.90 bits per heavy atom. The number of hydrogen-bond acceptors (Lipinski definition) is 5. The van der Waals surface area contributed by atoms with E-state index >= 15 is 0 Å². The van der Waals surface area contributed by atoms with Gasteiger partial charge in [-0.3, -0.25) is 4.79 Å². The average molecular weight is 317 g/mol. The molecule has 0 amide bonds. The molecule has 2 aromatic heterocycles. The molecule has 106 valence electrons. The zero-order valence-electron chi connectivity index (χ0n) is 10.9. The number of para-hydroxylation sites is 1. The van der Waals surface area contributed by atoms with Gasteiger partial charge in [-0.15, -0.1) is 23.1 Å². The van der Waals surface area contributed by atoms with Crippen LogP contribution < -0.4 is 0 Å². The van der Waals surface area contributed by atoms with E-state index in [0.29, 0.717) is 5.76 Å². The van der Waals surface area contributed by atoms with Gasteiger partial charge >= 0.3 is 5.97 Å². The second kappa shape index (κ2) is 6.15. The fourth-order valence-electron chi connectivity index (χ4n) is 1.78. The smallest absolute Gasteiger partial charge is 0.313 e. The summed E-state index contributed by atoms with van der Waals surface area (Å²) >= 11 is 2.79. The van der Waals surface area contributed by atoms with Gasteiger partial charge in [0.1, 0.15) is 10.8 Å². The monoisotopic (exact) mass is 317 g/mol. The van der Waals surface area contributed by atoms with E-state index in [0.717, 1.165) is 20.1 Å². The van der Waals surface area contributed by atoms with Crippen molar-refractivity contribution in [3.8, 4) is 0 Å². The molecule has 6 heteroatoms. The minimum Gasteiger partial charge on any atom is -0.481 e. The van der Waals surface area contributed by atoms with Crippen LogP contribution in [-0.2, 0) is 4.79 Å². The maximum Gasteiger partial charge on any atom is 0.313 e. The Balaban J connectivity index is 1.99. The summed E-state index contributed by atoms with van der Waals surface area (Å²) in [6.45, 7) is 0. The molecule has 0 saturated heterocycles. The highest BCUT2D eigenvalue weighted by Gasteiger charge is 2.12. The quantitative estimate of drug-likeness (QED) is 0.764. The van der Waals surface area contributed by atoms with Gasteiger partial charge in [0.2, 0.25) is 0 Å². The van der Waals surface area contributed by atoms with Gasteiger partial charge in [0.15, 0.2) is 0 Å². The van der Waals surface area contributed by atoms with Crippen LogP contribution in [0, 0.1) is 0 Å². The van der Waals surface area contributed by atoms with E-state index in [1.165, 1.54) is 11.8 Å². The van der Waals surface area contributed by atoms with Crippen LogP contribution in [0.2, 0.25) is 0 Å². The lowest BCUT2D eigenvalue weighted by Crippen LogP contribution is -1.97. The highest BCUT2D eigenvalue weighted by molar-refractivity contribution is 8.09. The highest BCUT2D eigenvalue weighted by Crippen LogP contribution is 2.35. The van der Waals surface area contributed by atoms with E-state index in [1.54, 1.807) is 23.7 Å². The molecular weight excluding hydrogens is 306 g/mol. The second-order valence-corrected chi connectivity index (χ2v) is 6.24. The fourth-order valence-corrected chi connectivity index (χ4v) is 3.61. The number of rotatable bonds is 5. The molecule has 0 aliphatic carbocycles. The molecule has 0 radical (unpaired) electrons. The topological polar surface area (TPSA) is 63.3 Å². The number of carbonyl (C=O) groups is 1. The number of nitrogens with zero attached hydrogens (tertiary/aromatic N) is 1. The van der Waals surface area contributed by atoms with Gasteiger partial charge in [-0.1, -0.05) is 12.1 Å². The fraction of sp³-hybridized carbons (Fsp3) is 0.0667. The summed E-state index contributed by atoms with van der Waals surface area (Å²) in [6.07, 6.45) is 3.41. The maximum atomic E-state index is 10.8. The first-order chi connectivity index (χ1) is 10.2. The summed E-state index contributed by atoms with van der Waals surface area (Å²) < 4.78 is 6.38. The van der Waals surface area contributed by atoms with Crippen LogP contribution >= 0.6 is 23.1 Å². The summed E-state index contributed by atoms with van der Waals surface area (Å²) in [5, 5.41) is 9.69. The van der Waals surface area contributed by atoms with Crippen molar-refractivity contribution in [1.29, 1.82) is 0 Å². The second-order valence-electron chi connectivity index (χ2n) is 4.19. The molecule has 3 aromatic rings. The van der Waals surface area contributed by atoms with Crippen molar-refractivity contribution in [1.82, 2.24) is 4.98 Å². The molecule has 2 heterocycles. The van der Waals surface area contributed by atoms with Gasteiger partial charge in [0, 0.05) is 4.91 Å². The molecule has 0 aliphatic rings. The number of aliphatic carboxylic acids is 1. The van der Waals surface area contributed by atoms with Crippen molar-refractivity contribution in [2.75, 3.05) is 5.75 Å². The van der Waals surface area contributed by atoms with E-state index in [9.17, 15) is 4.79 Å². The molecule has 0 saturated carbocycles. The lowest BCUT2D eigenvalue weighted by Gasteiger charge is -2.00. The largest absolute Gasteiger partial charge is 0.481 e. The lowest BCUT2D eigenvalue weighted by atomic mass is 10.3. The third kappa shape index (κ3) is 3.34. The summed E-state index contributed by atoms with van der Waals surface area (Å²) in [4.78, 5) is 16.2. The molecule has 21 heavy (non-hydrogen) atoms. The Hall–Kier alpha value is -2.05. The van der Waals surface area contributed by atoms with Gasteiger partial charge in [-0.05, 0) is 30.3 Å². The van der Waals surface area contributed by atoms with Gasteiger partial charge < -0.3 is 9.52 Å². The minimum atomic E-state index is -0.855. The number of fused-ring (bicyclic) bond motifs is 1. The van der Waals surface area contributed by atoms with E-state index in [-0.39, 0.29) is 5.75 Å². The van der Waals surface area contributed by atoms with Crippen LogP contribution in [0.5, 0.6) is 0 Å². The number of hydrogen-bond donors (Lipinski definition) is 1. The molecule has 1 aromatic carbocycles. The first-order valence-electron chi connectivity index (χ1n) is 6.18. The number of carboxylic acid groups (broad SMARTS) is 1. The first kappa shape index (κ1) is 13.9. The molecule has 0 bridgehead atoms. The van der Waals surface area contributed by atoms with E-state index in [4.69, 9.17) is 9.52 Å². The van der Waals surface area contributed by atoms with Crippen LogP contribution in [0.1, 0.15) is 10.8 Å². The third-order valence-electron chi connectivity index (χ3n) is 2.67. The maximum absolute atomic E-state index is 10.8. The van der Waals surface area contributed by atoms with E-state index in [2.05, 4.69) is 4.98 Å². The van der Waals surface area contributed by atoms with E-state index in [1.807, 2.05) is 36.4 Å². The number of aromatic nitrogens is 1. The lowest BCUT2D eigenvalue weighted by molar-refractivity contribution is -0.133. The Morgan fingerprint density at radius 1 is 1.33 bits per heavy atom. The molecule has 0 spiro atoms. The Bertz CT molecular complexity index is 757. The molecule has 3 rings (SSSR count).